The van der Waals surface area contributed by atoms with E-state index in [-0.39, 0.29) is 23.4 Å². The highest BCUT2D eigenvalue weighted by Crippen LogP contribution is 2.37. The van der Waals surface area contributed by atoms with Crippen molar-refractivity contribution in [1.29, 1.82) is 0 Å². The second-order valence-electron chi connectivity index (χ2n) is 8.95. The zero-order valence-corrected chi connectivity index (χ0v) is 20.9. The van der Waals surface area contributed by atoms with Crippen LogP contribution in [0.15, 0.2) is 65.6 Å². The molecular formula is C27H30N2O4S. The Morgan fingerprint density at radius 2 is 1.62 bits per heavy atom. The second-order valence-corrected chi connectivity index (χ2v) is 10.8. The molecule has 1 amide bonds. The van der Waals surface area contributed by atoms with E-state index in [0.29, 0.717) is 11.4 Å². The molecule has 3 aromatic carbocycles. The van der Waals surface area contributed by atoms with Gasteiger partial charge in [0, 0.05) is 0 Å². The summed E-state index contributed by atoms with van der Waals surface area (Å²) in [4.78, 5) is 13.4. The van der Waals surface area contributed by atoms with Crippen LogP contribution in [0, 0.1) is 27.7 Å². The lowest BCUT2D eigenvalue weighted by molar-refractivity contribution is -0.128. The number of ether oxygens (including phenoxy) is 1. The number of hydrogen-bond acceptors (Lipinski definition) is 4. The van der Waals surface area contributed by atoms with Crippen LogP contribution in [0.25, 0.3) is 0 Å². The number of amides is 1. The molecule has 0 unspecified atom stereocenters. The normalized spacial score (nSPS) is 16.4. The zero-order chi connectivity index (χ0) is 24.6. The number of carbonyl (C=O) groups is 1. The van der Waals surface area contributed by atoms with Gasteiger partial charge in [-0.1, -0.05) is 42.0 Å². The van der Waals surface area contributed by atoms with Crippen LogP contribution in [0.1, 0.15) is 40.8 Å². The standard InChI is InChI=1S/C27H30N2O4S/c1-17-10-12-22(13-11-17)34(31,32)29-16-26(33-25-9-7-6-8-24(25)29)27(30)28-21(5)23-15-19(3)18(2)14-20(23)4/h6-15,21,26H,16H2,1-5H3,(H,28,30)/t21-,26-/m1/s1. The smallest absolute Gasteiger partial charge is 0.264 e. The quantitative estimate of drug-likeness (QED) is 0.574. The number of carbonyl (C=O) groups excluding carboxylic acids is 1. The minimum atomic E-state index is -3.88. The maximum atomic E-state index is 13.5. The lowest BCUT2D eigenvalue weighted by Crippen LogP contribution is -2.51. The topological polar surface area (TPSA) is 75.7 Å². The first-order valence-electron chi connectivity index (χ1n) is 11.3. The van der Waals surface area contributed by atoms with Gasteiger partial charge in [0.05, 0.1) is 23.2 Å². The number of para-hydroxylation sites is 2. The van der Waals surface area contributed by atoms with Gasteiger partial charge < -0.3 is 10.1 Å². The summed E-state index contributed by atoms with van der Waals surface area (Å²) in [6, 6.07) is 17.5. The molecule has 3 aromatic rings. The van der Waals surface area contributed by atoms with Crippen molar-refractivity contribution >= 4 is 21.6 Å². The SMILES string of the molecule is Cc1ccc(S(=O)(=O)N2C[C@H](C(=O)N[C@H](C)c3cc(C)c(C)cc3C)Oc3ccccc32)cc1. The number of fused-ring (bicyclic) bond motifs is 1. The first-order chi connectivity index (χ1) is 16.1. The number of hydrogen-bond donors (Lipinski definition) is 1. The minimum absolute atomic E-state index is 0.113. The maximum Gasteiger partial charge on any atom is 0.264 e. The molecule has 0 saturated carbocycles. The summed E-state index contributed by atoms with van der Waals surface area (Å²) in [6.07, 6.45) is -0.982. The Morgan fingerprint density at radius 3 is 2.32 bits per heavy atom. The van der Waals surface area contributed by atoms with E-state index in [1.165, 1.54) is 9.87 Å². The van der Waals surface area contributed by atoms with Crippen molar-refractivity contribution in [3.8, 4) is 5.75 Å². The van der Waals surface area contributed by atoms with Crippen molar-refractivity contribution in [1.82, 2.24) is 5.32 Å². The van der Waals surface area contributed by atoms with Crippen LogP contribution >= 0.6 is 0 Å². The van der Waals surface area contributed by atoms with Crippen molar-refractivity contribution < 1.29 is 17.9 Å². The number of rotatable bonds is 5. The molecule has 0 saturated heterocycles. The summed E-state index contributed by atoms with van der Waals surface area (Å²) in [5.74, 6) is 0.00309. The van der Waals surface area contributed by atoms with Crippen LogP contribution in [0.4, 0.5) is 5.69 Å². The number of anilines is 1. The summed E-state index contributed by atoms with van der Waals surface area (Å²) in [6.45, 7) is 9.84. The molecule has 0 spiro atoms. The van der Waals surface area contributed by atoms with Gasteiger partial charge in [-0.2, -0.15) is 0 Å². The van der Waals surface area contributed by atoms with Crippen LogP contribution < -0.4 is 14.4 Å². The molecule has 1 aliphatic rings. The van der Waals surface area contributed by atoms with Crippen LogP contribution in [0.2, 0.25) is 0 Å². The van der Waals surface area contributed by atoms with E-state index in [9.17, 15) is 13.2 Å². The highest BCUT2D eigenvalue weighted by atomic mass is 32.2. The van der Waals surface area contributed by atoms with E-state index in [0.717, 1.165) is 22.3 Å². The molecular weight excluding hydrogens is 448 g/mol. The molecule has 1 heterocycles. The van der Waals surface area contributed by atoms with Gasteiger partial charge in [-0.3, -0.25) is 9.10 Å². The predicted molar refractivity (Wildman–Crippen MR) is 134 cm³/mol. The molecule has 178 valence electrons. The zero-order valence-electron chi connectivity index (χ0n) is 20.1. The maximum absolute atomic E-state index is 13.5. The van der Waals surface area contributed by atoms with Crippen LogP contribution in [0.5, 0.6) is 5.75 Å². The van der Waals surface area contributed by atoms with Crippen LogP contribution in [-0.2, 0) is 14.8 Å². The molecule has 0 aromatic heterocycles. The van der Waals surface area contributed by atoms with Crippen LogP contribution in [-0.4, -0.2) is 27.0 Å². The predicted octanol–water partition coefficient (Wildman–Crippen LogP) is 4.75. The van der Waals surface area contributed by atoms with Gasteiger partial charge >= 0.3 is 0 Å². The molecule has 7 heteroatoms. The summed E-state index contributed by atoms with van der Waals surface area (Å²) in [5, 5.41) is 3.02. The fourth-order valence-electron chi connectivity index (χ4n) is 4.24. The Kier molecular flexibility index (Phi) is 6.41. The van der Waals surface area contributed by atoms with Gasteiger partial charge in [-0.25, -0.2) is 8.42 Å². The second kappa shape index (κ2) is 9.14. The molecule has 4 rings (SSSR count). The Balaban J connectivity index is 1.62. The van der Waals surface area contributed by atoms with E-state index in [2.05, 4.69) is 24.4 Å². The largest absolute Gasteiger partial charge is 0.476 e. The number of sulfonamides is 1. The Morgan fingerprint density at radius 1 is 0.971 bits per heavy atom. The van der Waals surface area contributed by atoms with Crippen molar-refractivity contribution in [2.75, 3.05) is 10.8 Å². The molecule has 2 atom stereocenters. The van der Waals surface area contributed by atoms with Gasteiger partial charge in [-0.15, -0.1) is 0 Å². The molecule has 6 nitrogen and oxygen atoms in total. The number of nitrogens with zero attached hydrogens (tertiary/aromatic N) is 1. The summed E-state index contributed by atoms with van der Waals surface area (Å²) >= 11 is 0. The summed E-state index contributed by atoms with van der Waals surface area (Å²) in [5.41, 5.74) is 5.86. The third kappa shape index (κ3) is 4.53. The lowest BCUT2D eigenvalue weighted by atomic mass is 9.96. The van der Waals surface area contributed by atoms with E-state index < -0.39 is 16.1 Å². The minimum Gasteiger partial charge on any atom is -0.476 e. The number of aryl methyl sites for hydroxylation is 4. The summed E-state index contributed by atoms with van der Waals surface area (Å²) < 4.78 is 34.3. The first-order valence-corrected chi connectivity index (χ1v) is 12.7. The van der Waals surface area contributed by atoms with Gasteiger partial charge in [0.15, 0.2) is 6.10 Å². The van der Waals surface area contributed by atoms with Crippen molar-refractivity contribution in [2.45, 2.75) is 51.7 Å². The Hall–Kier alpha value is -3.32. The Labute approximate surface area is 201 Å². The van der Waals surface area contributed by atoms with E-state index >= 15 is 0 Å². The summed E-state index contributed by atoms with van der Waals surface area (Å²) in [7, 11) is -3.88. The van der Waals surface area contributed by atoms with Crippen molar-refractivity contribution in [3.05, 3.63) is 88.5 Å². The third-order valence-corrected chi connectivity index (χ3v) is 8.14. The average Bonchev–Trinajstić information content (AvgIpc) is 2.80. The molecule has 0 radical (unpaired) electrons. The third-order valence-electron chi connectivity index (χ3n) is 6.34. The Bertz CT molecular complexity index is 1330. The highest BCUT2D eigenvalue weighted by Gasteiger charge is 2.37. The van der Waals surface area contributed by atoms with Crippen LogP contribution in [0.3, 0.4) is 0 Å². The van der Waals surface area contributed by atoms with E-state index in [4.69, 9.17) is 4.74 Å². The number of nitrogens with one attached hydrogen (secondary N) is 1. The highest BCUT2D eigenvalue weighted by molar-refractivity contribution is 7.92. The average molecular weight is 479 g/mol. The fourth-order valence-corrected chi connectivity index (χ4v) is 5.71. The van der Waals surface area contributed by atoms with Crippen molar-refractivity contribution in [3.63, 3.8) is 0 Å². The van der Waals surface area contributed by atoms with Gasteiger partial charge in [-0.05, 0) is 81.1 Å². The van der Waals surface area contributed by atoms with Gasteiger partial charge in [0.25, 0.3) is 15.9 Å². The van der Waals surface area contributed by atoms with Crippen molar-refractivity contribution in [2.24, 2.45) is 0 Å². The molecule has 0 aliphatic carbocycles. The van der Waals surface area contributed by atoms with E-state index in [1.807, 2.05) is 27.7 Å². The molecule has 1 aliphatic heterocycles. The monoisotopic (exact) mass is 478 g/mol. The molecule has 1 N–H and O–H groups in total. The van der Waals surface area contributed by atoms with Gasteiger partial charge in [0.2, 0.25) is 0 Å². The first kappa shape index (κ1) is 23.8. The van der Waals surface area contributed by atoms with Gasteiger partial charge in [0.1, 0.15) is 5.75 Å². The number of benzene rings is 3. The molecule has 34 heavy (non-hydrogen) atoms. The van der Waals surface area contributed by atoms with E-state index in [1.54, 1.807) is 48.5 Å². The molecule has 0 bridgehead atoms. The lowest BCUT2D eigenvalue weighted by Gasteiger charge is -2.35. The molecule has 0 fully saturated rings. The fraction of sp³-hybridized carbons (Fsp3) is 0.296.